The fourth-order valence-electron chi connectivity index (χ4n) is 2.31. The Bertz CT molecular complexity index is 728. The summed E-state index contributed by atoms with van der Waals surface area (Å²) in [5.74, 6) is 0. The van der Waals surface area contributed by atoms with Gasteiger partial charge in [-0.25, -0.2) is 4.79 Å². The second-order valence-electron chi connectivity index (χ2n) is 5.48. The van der Waals surface area contributed by atoms with Crippen molar-refractivity contribution in [2.75, 3.05) is 17.3 Å². The predicted octanol–water partition coefficient (Wildman–Crippen LogP) is 4.74. The van der Waals surface area contributed by atoms with Crippen LogP contribution in [0, 0.1) is 6.92 Å². The molecule has 4 nitrogen and oxygen atoms in total. The molecule has 0 atom stereocenters. The third-order valence-electron chi connectivity index (χ3n) is 3.59. The lowest BCUT2D eigenvalue weighted by molar-refractivity contribution is -0.137. The molecule has 0 unspecified atom stereocenters. The Hall–Kier alpha value is -2.70. The quantitative estimate of drug-likeness (QED) is 0.846. The number of aryl methyl sites for hydroxylation is 1. The van der Waals surface area contributed by atoms with E-state index in [2.05, 4.69) is 5.32 Å². The minimum absolute atomic E-state index is 0.434. The molecule has 1 amide bonds. The number of carboxylic acid groups (broad SMARTS) is 1. The number of benzene rings is 2. The molecule has 7 heteroatoms. The molecule has 2 rings (SSSR count). The summed E-state index contributed by atoms with van der Waals surface area (Å²) < 4.78 is 37.7. The maximum atomic E-state index is 12.6. The van der Waals surface area contributed by atoms with Crippen molar-refractivity contribution in [3.05, 3.63) is 59.2 Å². The Balaban J connectivity index is 2.10. The van der Waals surface area contributed by atoms with E-state index in [0.29, 0.717) is 12.2 Å². The van der Waals surface area contributed by atoms with Gasteiger partial charge in [-0.15, -0.1) is 0 Å². The van der Waals surface area contributed by atoms with Crippen LogP contribution in [0.25, 0.3) is 0 Å². The second kappa shape index (κ2) is 6.82. The van der Waals surface area contributed by atoms with Gasteiger partial charge in [0.2, 0.25) is 0 Å². The molecule has 0 aromatic heterocycles. The average molecular weight is 338 g/mol. The minimum Gasteiger partial charge on any atom is -0.465 e. The van der Waals surface area contributed by atoms with E-state index in [-0.39, 0.29) is 0 Å². The van der Waals surface area contributed by atoms with Gasteiger partial charge in [-0.05, 0) is 48.4 Å². The van der Waals surface area contributed by atoms with Crippen LogP contribution >= 0.6 is 0 Å². The molecule has 0 bridgehead atoms. The standard InChI is InChI=1S/C17H17F3N2O2/c1-11-9-14(7-8-15(11)21-16(23)24)22(2)10-12-3-5-13(6-4-12)17(18,19)20/h3-9,21H,10H2,1-2H3,(H,23,24). The number of rotatable bonds is 4. The van der Waals surface area contributed by atoms with Crippen molar-refractivity contribution < 1.29 is 23.1 Å². The van der Waals surface area contributed by atoms with Gasteiger partial charge in [0.25, 0.3) is 0 Å². The van der Waals surface area contributed by atoms with Crippen LogP contribution in [0.1, 0.15) is 16.7 Å². The Morgan fingerprint density at radius 2 is 1.79 bits per heavy atom. The maximum absolute atomic E-state index is 12.6. The summed E-state index contributed by atoms with van der Waals surface area (Å²) in [5.41, 5.74) is 2.16. The van der Waals surface area contributed by atoms with Gasteiger partial charge in [0.1, 0.15) is 0 Å². The lowest BCUT2D eigenvalue weighted by Gasteiger charge is -2.21. The largest absolute Gasteiger partial charge is 0.465 e. The van der Waals surface area contributed by atoms with E-state index in [4.69, 9.17) is 5.11 Å². The van der Waals surface area contributed by atoms with Gasteiger partial charge >= 0.3 is 12.3 Å². The summed E-state index contributed by atoms with van der Waals surface area (Å²) >= 11 is 0. The predicted molar refractivity (Wildman–Crippen MR) is 86.4 cm³/mol. The number of amides is 1. The van der Waals surface area contributed by atoms with Gasteiger partial charge in [-0.1, -0.05) is 12.1 Å². The highest BCUT2D eigenvalue weighted by molar-refractivity contribution is 5.84. The molecule has 0 heterocycles. The first-order valence-corrected chi connectivity index (χ1v) is 7.14. The fourth-order valence-corrected chi connectivity index (χ4v) is 2.31. The zero-order chi connectivity index (χ0) is 17.9. The Labute approximate surface area is 137 Å². The molecule has 0 radical (unpaired) electrons. The van der Waals surface area contributed by atoms with Crippen LogP contribution in [0.4, 0.5) is 29.3 Å². The number of hydrogen-bond donors (Lipinski definition) is 2. The van der Waals surface area contributed by atoms with Crippen molar-refractivity contribution in [2.45, 2.75) is 19.6 Å². The number of nitrogens with one attached hydrogen (secondary N) is 1. The van der Waals surface area contributed by atoms with Gasteiger partial charge in [-0.3, -0.25) is 5.32 Å². The SMILES string of the molecule is Cc1cc(N(C)Cc2ccc(C(F)(F)F)cc2)ccc1NC(=O)O. The number of alkyl halides is 3. The van der Waals surface area contributed by atoms with Crippen LogP contribution in [0.5, 0.6) is 0 Å². The molecule has 24 heavy (non-hydrogen) atoms. The van der Waals surface area contributed by atoms with Crippen molar-refractivity contribution in [3.8, 4) is 0 Å². The topological polar surface area (TPSA) is 52.6 Å². The Morgan fingerprint density at radius 3 is 2.29 bits per heavy atom. The number of hydrogen-bond acceptors (Lipinski definition) is 2. The number of nitrogens with zero attached hydrogens (tertiary/aromatic N) is 1. The van der Waals surface area contributed by atoms with E-state index in [0.717, 1.165) is 28.9 Å². The average Bonchev–Trinajstić information content (AvgIpc) is 2.48. The van der Waals surface area contributed by atoms with E-state index in [9.17, 15) is 18.0 Å². The van der Waals surface area contributed by atoms with Crippen LogP contribution < -0.4 is 10.2 Å². The molecule has 2 aromatic carbocycles. The molecule has 0 aliphatic heterocycles. The third-order valence-corrected chi connectivity index (χ3v) is 3.59. The van der Waals surface area contributed by atoms with Crippen molar-refractivity contribution in [3.63, 3.8) is 0 Å². The summed E-state index contributed by atoms with van der Waals surface area (Å²) in [5, 5.41) is 11.0. The molecule has 2 aromatic rings. The van der Waals surface area contributed by atoms with E-state index in [1.54, 1.807) is 19.1 Å². The summed E-state index contributed by atoms with van der Waals surface area (Å²) in [6.45, 7) is 2.21. The monoisotopic (exact) mass is 338 g/mol. The van der Waals surface area contributed by atoms with Crippen LogP contribution in [0.3, 0.4) is 0 Å². The van der Waals surface area contributed by atoms with E-state index >= 15 is 0 Å². The summed E-state index contributed by atoms with van der Waals surface area (Å²) in [6.07, 6.45) is -5.47. The highest BCUT2D eigenvalue weighted by Crippen LogP contribution is 2.29. The minimum atomic E-state index is -4.34. The molecule has 2 N–H and O–H groups in total. The van der Waals surface area contributed by atoms with Crippen molar-refractivity contribution in [1.29, 1.82) is 0 Å². The molecule has 0 aliphatic rings. The normalized spacial score (nSPS) is 11.2. The van der Waals surface area contributed by atoms with Crippen LogP contribution in [-0.2, 0) is 12.7 Å². The van der Waals surface area contributed by atoms with Gasteiger partial charge in [-0.2, -0.15) is 13.2 Å². The molecule has 0 saturated carbocycles. The molecule has 0 aliphatic carbocycles. The second-order valence-corrected chi connectivity index (χ2v) is 5.48. The first kappa shape index (κ1) is 17.7. The van der Waals surface area contributed by atoms with Gasteiger partial charge in [0.05, 0.1) is 5.56 Å². The zero-order valence-electron chi connectivity index (χ0n) is 13.2. The molecular formula is C17H17F3N2O2. The maximum Gasteiger partial charge on any atom is 0.416 e. The van der Waals surface area contributed by atoms with Gasteiger partial charge in [0.15, 0.2) is 0 Å². The molecule has 0 spiro atoms. The van der Waals surface area contributed by atoms with Crippen LogP contribution in [0.2, 0.25) is 0 Å². The van der Waals surface area contributed by atoms with Gasteiger partial charge in [0, 0.05) is 25.0 Å². The summed E-state index contributed by atoms with van der Waals surface area (Å²) in [4.78, 5) is 12.6. The van der Waals surface area contributed by atoms with E-state index in [1.165, 1.54) is 12.1 Å². The third kappa shape index (κ3) is 4.41. The van der Waals surface area contributed by atoms with Crippen molar-refractivity contribution in [1.82, 2.24) is 0 Å². The van der Waals surface area contributed by atoms with E-state index in [1.807, 2.05) is 18.0 Å². The summed E-state index contributed by atoms with van der Waals surface area (Å²) in [6, 6.07) is 10.3. The van der Waals surface area contributed by atoms with Crippen molar-refractivity contribution >= 4 is 17.5 Å². The lowest BCUT2D eigenvalue weighted by Crippen LogP contribution is -2.17. The number of carbonyl (C=O) groups is 1. The highest BCUT2D eigenvalue weighted by atomic mass is 19.4. The molecular weight excluding hydrogens is 321 g/mol. The summed E-state index contributed by atoms with van der Waals surface area (Å²) in [7, 11) is 1.82. The molecule has 0 saturated heterocycles. The first-order valence-electron chi connectivity index (χ1n) is 7.14. The zero-order valence-corrected chi connectivity index (χ0v) is 13.2. The smallest absolute Gasteiger partial charge is 0.416 e. The Morgan fingerprint density at radius 1 is 1.17 bits per heavy atom. The van der Waals surface area contributed by atoms with Crippen LogP contribution in [-0.4, -0.2) is 18.2 Å². The number of halogens is 3. The van der Waals surface area contributed by atoms with Gasteiger partial charge < -0.3 is 10.0 Å². The fraction of sp³-hybridized carbons (Fsp3) is 0.235. The lowest BCUT2D eigenvalue weighted by atomic mass is 10.1. The highest BCUT2D eigenvalue weighted by Gasteiger charge is 2.29. The van der Waals surface area contributed by atoms with Crippen LogP contribution in [0.15, 0.2) is 42.5 Å². The Kier molecular flexibility index (Phi) is 5.02. The molecule has 128 valence electrons. The molecule has 0 fully saturated rings. The van der Waals surface area contributed by atoms with E-state index < -0.39 is 17.8 Å². The first-order chi connectivity index (χ1) is 11.2. The number of anilines is 2. The van der Waals surface area contributed by atoms with Crippen molar-refractivity contribution in [2.24, 2.45) is 0 Å².